The van der Waals surface area contributed by atoms with Crippen molar-refractivity contribution in [3.8, 4) is 0 Å². The summed E-state index contributed by atoms with van der Waals surface area (Å²) in [4.78, 5) is 23.2. The molecule has 9 heteroatoms. The number of phosphoric acid groups is 1. The molecule has 0 aliphatic heterocycles. The van der Waals surface area contributed by atoms with Crippen molar-refractivity contribution in [3.63, 3.8) is 0 Å². The summed E-state index contributed by atoms with van der Waals surface area (Å²) >= 11 is 0. The molecule has 0 aromatic rings. The second-order valence-electron chi connectivity index (χ2n) is 19.5. The summed E-state index contributed by atoms with van der Waals surface area (Å²) in [6.07, 6.45) is 73.6. The SMILES string of the molecule is CC/C=C\C/C=C\C/C=C\C/C=C\C/C=C\C/C=C\CCCCCCCCCCCCCCCCCCCCC(=O)NC(COP(=O)(O)OCC[N+](C)(C)C)C(O)/C=C/CC/C=C/CC/C=C/CC. The lowest BCUT2D eigenvalue weighted by atomic mass is 10.0. The Morgan fingerprint density at radius 2 is 0.841 bits per heavy atom. The summed E-state index contributed by atoms with van der Waals surface area (Å²) in [5.41, 5.74) is 0. The van der Waals surface area contributed by atoms with Gasteiger partial charge in [-0.1, -0.05) is 226 Å². The first kappa shape index (κ1) is 66.2. The van der Waals surface area contributed by atoms with E-state index in [4.69, 9.17) is 9.05 Å². The van der Waals surface area contributed by atoms with Gasteiger partial charge in [0.25, 0.3) is 0 Å². The van der Waals surface area contributed by atoms with Crippen molar-refractivity contribution in [2.45, 2.75) is 225 Å². The Morgan fingerprint density at radius 3 is 1.28 bits per heavy atom. The van der Waals surface area contributed by atoms with Crippen LogP contribution >= 0.6 is 7.82 Å². The van der Waals surface area contributed by atoms with Crippen LogP contribution in [0.25, 0.3) is 0 Å². The average Bonchev–Trinajstić information content (AvgIpc) is 3.31. The van der Waals surface area contributed by atoms with Gasteiger partial charge in [0, 0.05) is 6.42 Å². The first-order chi connectivity index (χ1) is 33.5. The first-order valence-corrected chi connectivity index (χ1v) is 29.3. The fourth-order valence-corrected chi connectivity index (χ4v) is 8.17. The van der Waals surface area contributed by atoms with E-state index in [1.807, 2.05) is 27.2 Å². The van der Waals surface area contributed by atoms with Gasteiger partial charge in [-0.2, -0.15) is 0 Å². The van der Waals surface area contributed by atoms with E-state index >= 15 is 0 Å². The van der Waals surface area contributed by atoms with E-state index in [0.717, 1.165) is 89.9 Å². The molecule has 0 saturated carbocycles. The number of aliphatic hydroxyl groups excluding tert-OH is 1. The van der Waals surface area contributed by atoms with Gasteiger partial charge in [-0.25, -0.2) is 4.57 Å². The monoisotopic (exact) mass is 982 g/mol. The number of quaternary nitrogens is 1. The minimum atomic E-state index is -4.35. The molecule has 0 fully saturated rings. The molecule has 0 aliphatic carbocycles. The van der Waals surface area contributed by atoms with Gasteiger partial charge in [-0.05, 0) is 89.9 Å². The maximum atomic E-state index is 12.9. The highest BCUT2D eigenvalue weighted by atomic mass is 31.2. The summed E-state index contributed by atoms with van der Waals surface area (Å²) in [7, 11) is 1.53. The molecule has 0 aromatic carbocycles. The van der Waals surface area contributed by atoms with Crippen molar-refractivity contribution < 1.29 is 32.9 Å². The zero-order chi connectivity index (χ0) is 50.6. The summed E-state index contributed by atoms with van der Waals surface area (Å²) in [5.74, 6) is -0.196. The van der Waals surface area contributed by atoms with Gasteiger partial charge in [0.05, 0.1) is 39.9 Å². The zero-order valence-electron chi connectivity index (χ0n) is 45.0. The molecule has 3 atom stereocenters. The minimum absolute atomic E-state index is 0.0499. The smallest absolute Gasteiger partial charge is 0.387 e. The minimum Gasteiger partial charge on any atom is -0.387 e. The predicted molar refractivity (Wildman–Crippen MR) is 299 cm³/mol. The fraction of sp³-hybridized carbons (Fsp3) is 0.683. The Balaban J connectivity index is 3.96. The van der Waals surface area contributed by atoms with E-state index in [1.165, 1.54) is 103 Å². The third kappa shape index (κ3) is 52.8. The molecule has 0 heterocycles. The van der Waals surface area contributed by atoms with Crippen LogP contribution in [-0.2, 0) is 18.4 Å². The molecule has 3 unspecified atom stereocenters. The maximum absolute atomic E-state index is 12.9. The number of likely N-dealkylation sites (N-methyl/N-ethyl adjacent to an activating group) is 1. The molecule has 0 bridgehead atoms. The lowest BCUT2D eigenvalue weighted by Gasteiger charge is -2.25. The number of allylic oxidation sites excluding steroid dienone is 17. The van der Waals surface area contributed by atoms with Crippen LogP contribution in [0.4, 0.5) is 0 Å². The van der Waals surface area contributed by atoms with Crippen molar-refractivity contribution in [3.05, 3.63) is 109 Å². The Morgan fingerprint density at radius 1 is 0.493 bits per heavy atom. The van der Waals surface area contributed by atoms with Gasteiger partial charge in [-0.15, -0.1) is 0 Å². The number of nitrogens with one attached hydrogen (secondary N) is 1. The van der Waals surface area contributed by atoms with Crippen molar-refractivity contribution >= 4 is 13.7 Å². The molecule has 1 amide bonds. The van der Waals surface area contributed by atoms with Gasteiger partial charge in [-0.3, -0.25) is 13.8 Å². The number of amides is 1. The largest absolute Gasteiger partial charge is 0.472 e. The third-order valence-electron chi connectivity index (χ3n) is 11.7. The number of carbonyl (C=O) groups excluding carboxylic acids is 1. The quantitative estimate of drug-likeness (QED) is 0.0243. The molecular formula is C60H106N2O6P+. The molecular weight excluding hydrogens is 876 g/mol. The number of hydrogen-bond acceptors (Lipinski definition) is 5. The fourth-order valence-electron chi connectivity index (χ4n) is 7.44. The van der Waals surface area contributed by atoms with Crippen LogP contribution in [0.1, 0.15) is 213 Å². The summed E-state index contributed by atoms with van der Waals surface area (Å²) in [6, 6.07) is -0.872. The molecule has 8 nitrogen and oxygen atoms in total. The van der Waals surface area contributed by atoms with Crippen molar-refractivity contribution in [2.24, 2.45) is 0 Å². The Hall–Kier alpha value is -2.84. The molecule has 0 rings (SSSR count). The van der Waals surface area contributed by atoms with Crippen molar-refractivity contribution in [1.29, 1.82) is 0 Å². The molecule has 0 saturated heterocycles. The number of carbonyl (C=O) groups is 1. The van der Waals surface area contributed by atoms with Crippen LogP contribution in [0.3, 0.4) is 0 Å². The molecule has 0 aliphatic rings. The number of aliphatic hydroxyl groups is 1. The van der Waals surface area contributed by atoms with Crippen molar-refractivity contribution in [2.75, 3.05) is 40.9 Å². The van der Waals surface area contributed by atoms with Crippen LogP contribution in [0, 0.1) is 0 Å². The highest BCUT2D eigenvalue weighted by molar-refractivity contribution is 7.47. The van der Waals surface area contributed by atoms with E-state index in [2.05, 4.69) is 116 Å². The highest BCUT2D eigenvalue weighted by Crippen LogP contribution is 2.43. The first-order valence-electron chi connectivity index (χ1n) is 27.8. The van der Waals surface area contributed by atoms with Crippen LogP contribution in [-0.4, -0.2) is 73.4 Å². The number of rotatable bonds is 49. The van der Waals surface area contributed by atoms with Crippen LogP contribution in [0.2, 0.25) is 0 Å². The normalized spacial score (nSPS) is 14.8. The maximum Gasteiger partial charge on any atom is 0.472 e. The Kier molecular flexibility index (Phi) is 48.1. The van der Waals surface area contributed by atoms with Gasteiger partial charge in [0.2, 0.25) is 5.91 Å². The highest BCUT2D eigenvalue weighted by Gasteiger charge is 2.27. The molecule has 3 N–H and O–H groups in total. The molecule has 396 valence electrons. The standard InChI is InChI=1S/C60H105N2O6P/c1-6-8-10-12-14-16-18-19-20-21-22-23-24-25-26-27-28-29-30-31-32-33-34-35-36-37-38-39-40-41-42-43-44-46-48-50-52-54-60(64)61-58(57-68-69(65,66)67-56-55-62(3,4)5)59(63)53-51-49-47-45-17-15-13-11-9-7-2/h8-11,14,16-17,19-20,22-23,25-26,28-29,45,51,53,58-59,63H,6-7,12-13,15,18,21,24,27,30-44,46-50,52,54-57H2,1-5H3,(H-,61,64,65,66)/p+1/b10-8-,11-9+,16-14-,20-19-,23-22-,26-25-,29-28-,45-17+,53-51+. The van der Waals surface area contributed by atoms with Gasteiger partial charge >= 0.3 is 7.82 Å². The number of phosphoric ester groups is 1. The van der Waals surface area contributed by atoms with E-state index < -0.39 is 20.0 Å². The third-order valence-corrected chi connectivity index (χ3v) is 12.7. The second kappa shape index (κ2) is 50.1. The van der Waals surface area contributed by atoms with Gasteiger partial charge in [0.15, 0.2) is 0 Å². The Bertz CT molecular complexity index is 1490. The van der Waals surface area contributed by atoms with Gasteiger partial charge in [0.1, 0.15) is 13.2 Å². The average molecular weight is 982 g/mol. The molecule has 0 aromatic heterocycles. The number of nitrogens with zero attached hydrogens (tertiary/aromatic N) is 1. The molecule has 69 heavy (non-hydrogen) atoms. The summed E-state index contributed by atoms with van der Waals surface area (Å²) < 4.78 is 23.5. The summed E-state index contributed by atoms with van der Waals surface area (Å²) in [5, 5.41) is 13.8. The van der Waals surface area contributed by atoms with Crippen LogP contribution in [0.5, 0.6) is 0 Å². The van der Waals surface area contributed by atoms with Crippen LogP contribution in [0.15, 0.2) is 109 Å². The lowest BCUT2D eigenvalue weighted by molar-refractivity contribution is -0.870. The van der Waals surface area contributed by atoms with Gasteiger partial charge < -0.3 is 19.8 Å². The summed E-state index contributed by atoms with van der Waals surface area (Å²) in [6.45, 7) is 4.53. The molecule has 0 radical (unpaired) electrons. The zero-order valence-corrected chi connectivity index (χ0v) is 45.9. The van der Waals surface area contributed by atoms with Crippen LogP contribution < -0.4 is 5.32 Å². The lowest BCUT2D eigenvalue weighted by Crippen LogP contribution is -2.45. The van der Waals surface area contributed by atoms with E-state index in [0.29, 0.717) is 17.4 Å². The van der Waals surface area contributed by atoms with Crippen molar-refractivity contribution in [1.82, 2.24) is 5.32 Å². The molecule has 0 spiro atoms. The van der Waals surface area contributed by atoms with E-state index in [-0.39, 0.29) is 19.1 Å². The number of hydrogen-bond donors (Lipinski definition) is 3. The Labute approximate surface area is 425 Å². The van der Waals surface area contributed by atoms with E-state index in [1.54, 1.807) is 6.08 Å². The topological polar surface area (TPSA) is 105 Å². The number of unbranched alkanes of at least 4 members (excludes halogenated alkanes) is 20. The second-order valence-corrected chi connectivity index (χ2v) is 21.0. The van der Waals surface area contributed by atoms with E-state index in [9.17, 15) is 19.4 Å². The predicted octanol–water partition coefficient (Wildman–Crippen LogP) is 16.8.